The minimum absolute atomic E-state index is 0.0369. The van der Waals surface area contributed by atoms with Crippen LogP contribution in [-0.4, -0.2) is 20.6 Å². The fourth-order valence-corrected chi connectivity index (χ4v) is 1.63. The summed E-state index contributed by atoms with van der Waals surface area (Å²) in [5.41, 5.74) is 9.08. The van der Waals surface area contributed by atoms with Gasteiger partial charge >= 0.3 is 0 Å². The lowest BCUT2D eigenvalue weighted by Crippen LogP contribution is -2.14. The van der Waals surface area contributed by atoms with E-state index in [4.69, 9.17) is 11.1 Å². The Morgan fingerprint density at radius 3 is 2.53 bits per heavy atom. The maximum absolute atomic E-state index is 7.38. The second kappa shape index (κ2) is 4.01. The van der Waals surface area contributed by atoms with Gasteiger partial charge in [-0.25, -0.2) is 9.67 Å². The average Bonchev–Trinajstić information content (AvgIpc) is 2.57. The molecule has 0 unspecified atom stereocenters. The number of nitrogens with two attached hydrogens (primary N) is 1. The van der Waals surface area contributed by atoms with Crippen LogP contribution >= 0.6 is 0 Å². The number of rotatable bonds is 2. The zero-order valence-electron chi connectivity index (χ0n) is 10.2. The molecule has 2 rings (SSSR count). The highest BCUT2D eigenvalue weighted by atomic mass is 15.3. The molecule has 0 aliphatic carbocycles. The van der Waals surface area contributed by atoms with E-state index < -0.39 is 0 Å². The molecule has 0 bridgehead atoms. The molecule has 0 atom stereocenters. The molecule has 0 saturated carbocycles. The van der Waals surface area contributed by atoms with Crippen LogP contribution in [0, 0.1) is 26.2 Å². The van der Waals surface area contributed by atoms with Crippen molar-refractivity contribution in [3.63, 3.8) is 0 Å². The van der Waals surface area contributed by atoms with Crippen molar-refractivity contribution >= 4 is 5.84 Å². The number of nitrogens with one attached hydrogen (secondary N) is 1. The Kier molecular flexibility index (Phi) is 2.67. The molecule has 0 aliphatic heterocycles. The first-order valence-electron chi connectivity index (χ1n) is 5.35. The Morgan fingerprint density at radius 1 is 1.29 bits per heavy atom. The molecule has 0 aliphatic rings. The molecular weight excluding hydrogens is 214 g/mol. The number of aromatic nitrogens is 3. The summed E-state index contributed by atoms with van der Waals surface area (Å²) in [7, 11) is 0. The van der Waals surface area contributed by atoms with Crippen molar-refractivity contribution in [1.29, 1.82) is 5.41 Å². The van der Waals surface area contributed by atoms with Gasteiger partial charge in [-0.1, -0.05) is 6.07 Å². The fraction of sp³-hybridized carbons (Fsp3) is 0.250. The van der Waals surface area contributed by atoms with E-state index in [1.807, 2.05) is 32.9 Å². The van der Waals surface area contributed by atoms with Gasteiger partial charge in [-0.05, 0) is 38.5 Å². The van der Waals surface area contributed by atoms with Gasteiger partial charge in [-0.15, -0.1) is 0 Å². The van der Waals surface area contributed by atoms with E-state index in [1.165, 1.54) is 0 Å². The van der Waals surface area contributed by atoms with Gasteiger partial charge in [-0.2, -0.15) is 5.10 Å². The third-order valence-corrected chi connectivity index (χ3v) is 2.88. The largest absolute Gasteiger partial charge is 0.382 e. The summed E-state index contributed by atoms with van der Waals surface area (Å²) >= 11 is 0. The molecule has 0 fully saturated rings. The predicted molar refractivity (Wildman–Crippen MR) is 66.6 cm³/mol. The molecule has 0 saturated heterocycles. The van der Waals surface area contributed by atoms with Crippen LogP contribution in [-0.2, 0) is 0 Å². The number of nitrogens with zero attached hydrogens (tertiary/aromatic N) is 3. The van der Waals surface area contributed by atoms with Gasteiger partial charge in [0.05, 0.1) is 5.69 Å². The van der Waals surface area contributed by atoms with Crippen molar-refractivity contribution in [3.05, 3.63) is 40.8 Å². The van der Waals surface area contributed by atoms with Crippen molar-refractivity contribution in [1.82, 2.24) is 14.8 Å². The number of amidine groups is 1. The van der Waals surface area contributed by atoms with Crippen LogP contribution in [0.4, 0.5) is 0 Å². The van der Waals surface area contributed by atoms with Crippen molar-refractivity contribution in [2.75, 3.05) is 0 Å². The third-order valence-electron chi connectivity index (χ3n) is 2.88. The van der Waals surface area contributed by atoms with E-state index in [-0.39, 0.29) is 5.84 Å². The zero-order valence-corrected chi connectivity index (χ0v) is 10.2. The van der Waals surface area contributed by atoms with Crippen LogP contribution in [0.3, 0.4) is 0 Å². The molecule has 0 amide bonds. The molecule has 3 N–H and O–H groups in total. The number of pyridine rings is 1. The summed E-state index contributed by atoms with van der Waals surface area (Å²) in [4.78, 5) is 4.31. The van der Waals surface area contributed by atoms with Gasteiger partial charge < -0.3 is 5.73 Å². The summed E-state index contributed by atoms with van der Waals surface area (Å²) < 4.78 is 1.77. The minimum Gasteiger partial charge on any atom is -0.382 e. The summed E-state index contributed by atoms with van der Waals surface area (Å²) in [6, 6.07) is 5.39. The van der Waals surface area contributed by atoms with Gasteiger partial charge in [-0.3, -0.25) is 5.41 Å². The molecule has 0 aromatic carbocycles. The van der Waals surface area contributed by atoms with Gasteiger partial charge in [0.1, 0.15) is 11.5 Å². The van der Waals surface area contributed by atoms with Crippen molar-refractivity contribution in [2.45, 2.75) is 20.8 Å². The van der Waals surface area contributed by atoms with Gasteiger partial charge in [0, 0.05) is 5.69 Å². The molecule has 2 aromatic heterocycles. The van der Waals surface area contributed by atoms with E-state index in [2.05, 4.69) is 10.1 Å². The molecular formula is C12H15N5. The van der Waals surface area contributed by atoms with E-state index in [0.717, 1.165) is 17.0 Å². The van der Waals surface area contributed by atoms with Crippen LogP contribution in [0.25, 0.3) is 5.82 Å². The molecule has 2 aromatic rings. The predicted octanol–water partition coefficient (Wildman–Crippen LogP) is 1.48. The number of nitrogen functional groups attached to an aromatic ring is 1. The Hall–Kier alpha value is -2.17. The van der Waals surface area contributed by atoms with Gasteiger partial charge in [0.2, 0.25) is 0 Å². The average molecular weight is 229 g/mol. The quantitative estimate of drug-likeness (QED) is 0.604. The first-order chi connectivity index (χ1) is 8.00. The Morgan fingerprint density at radius 2 is 2.00 bits per heavy atom. The van der Waals surface area contributed by atoms with Gasteiger partial charge in [0.15, 0.2) is 5.82 Å². The molecule has 2 heterocycles. The Bertz CT molecular complexity index is 583. The summed E-state index contributed by atoms with van der Waals surface area (Å²) in [5, 5.41) is 11.8. The normalized spacial score (nSPS) is 10.5. The first kappa shape index (κ1) is 11.3. The maximum Gasteiger partial charge on any atom is 0.154 e. The third kappa shape index (κ3) is 1.91. The molecule has 17 heavy (non-hydrogen) atoms. The molecule has 88 valence electrons. The monoisotopic (exact) mass is 229 g/mol. The standard InChI is InChI=1S/C12H15N5/c1-7-8(2)16-17(9(7)3)11-6-4-5-10(15-11)12(13)14/h4-6H,1-3H3,(H3,13,14). The summed E-state index contributed by atoms with van der Waals surface area (Å²) in [6.07, 6.45) is 0. The number of hydrogen-bond donors (Lipinski definition) is 2. The van der Waals surface area contributed by atoms with Crippen LogP contribution in [0.2, 0.25) is 0 Å². The highest BCUT2D eigenvalue weighted by Crippen LogP contribution is 2.15. The zero-order chi connectivity index (χ0) is 12.6. The van der Waals surface area contributed by atoms with Crippen LogP contribution in [0.15, 0.2) is 18.2 Å². The Balaban J connectivity index is 2.56. The Labute approximate surface area is 99.8 Å². The molecule has 0 spiro atoms. The highest BCUT2D eigenvalue weighted by Gasteiger charge is 2.10. The van der Waals surface area contributed by atoms with Crippen LogP contribution < -0.4 is 5.73 Å². The lowest BCUT2D eigenvalue weighted by Gasteiger charge is -2.05. The van der Waals surface area contributed by atoms with Crippen molar-refractivity contribution < 1.29 is 0 Å². The van der Waals surface area contributed by atoms with E-state index >= 15 is 0 Å². The second-order valence-electron chi connectivity index (χ2n) is 4.00. The molecule has 0 radical (unpaired) electrons. The summed E-state index contributed by atoms with van der Waals surface area (Å²) in [5.74, 6) is 0.650. The number of aryl methyl sites for hydroxylation is 1. The molecule has 5 heteroatoms. The van der Waals surface area contributed by atoms with Crippen molar-refractivity contribution in [3.8, 4) is 5.82 Å². The maximum atomic E-state index is 7.38. The lowest BCUT2D eigenvalue weighted by molar-refractivity contribution is 0.804. The smallest absolute Gasteiger partial charge is 0.154 e. The summed E-state index contributed by atoms with van der Waals surface area (Å²) in [6.45, 7) is 5.99. The highest BCUT2D eigenvalue weighted by molar-refractivity contribution is 5.93. The molecule has 5 nitrogen and oxygen atoms in total. The first-order valence-corrected chi connectivity index (χ1v) is 5.35. The number of hydrogen-bond acceptors (Lipinski definition) is 3. The lowest BCUT2D eigenvalue weighted by atomic mass is 10.2. The fourth-order valence-electron chi connectivity index (χ4n) is 1.63. The SMILES string of the molecule is Cc1nn(-c2cccc(C(=N)N)n2)c(C)c1C. The van der Waals surface area contributed by atoms with Gasteiger partial charge in [0.25, 0.3) is 0 Å². The van der Waals surface area contributed by atoms with E-state index in [0.29, 0.717) is 11.5 Å². The van der Waals surface area contributed by atoms with Crippen LogP contribution in [0.5, 0.6) is 0 Å². The van der Waals surface area contributed by atoms with Crippen LogP contribution in [0.1, 0.15) is 22.6 Å². The van der Waals surface area contributed by atoms with E-state index in [1.54, 1.807) is 10.7 Å². The minimum atomic E-state index is -0.0369. The second-order valence-corrected chi connectivity index (χ2v) is 4.00. The van der Waals surface area contributed by atoms with Crippen molar-refractivity contribution in [2.24, 2.45) is 5.73 Å². The topological polar surface area (TPSA) is 80.6 Å². The van der Waals surface area contributed by atoms with E-state index in [9.17, 15) is 0 Å².